The average molecular weight is 304 g/mol. The van der Waals surface area contributed by atoms with Gasteiger partial charge < -0.3 is 5.32 Å². The van der Waals surface area contributed by atoms with Gasteiger partial charge in [0.1, 0.15) is 0 Å². The SMILES string of the molecule is O=C(CSc1ccccc1)Nc1nc2c(s1)CCCC2. The van der Waals surface area contributed by atoms with Crippen LogP contribution in [0.15, 0.2) is 35.2 Å². The van der Waals surface area contributed by atoms with Crippen LogP contribution < -0.4 is 5.32 Å². The fraction of sp³-hybridized carbons (Fsp3) is 0.333. The highest BCUT2D eigenvalue weighted by Gasteiger charge is 2.16. The van der Waals surface area contributed by atoms with E-state index in [-0.39, 0.29) is 5.91 Å². The number of hydrogen-bond donors (Lipinski definition) is 1. The Labute approximate surface area is 126 Å². The van der Waals surface area contributed by atoms with Gasteiger partial charge in [0, 0.05) is 9.77 Å². The molecule has 1 aliphatic rings. The van der Waals surface area contributed by atoms with Crippen LogP contribution in [0, 0.1) is 0 Å². The Morgan fingerprint density at radius 2 is 2.05 bits per heavy atom. The van der Waals surface area contributed by atoms with Crippen LogP contribution in [0.2, 0.25) is 0 Å². The van der Waals surface area contributed by atoms with Gasteiger partial charge in [-0.15, -0.1) is 23.1 Å². The summed E-state index contributed by atoms with van der Waals surface area (Å²) in [6, 6.07) is 9.97. The molecule has 104 valence electrons. The van der Waals surface area contributed by atoms with E-state index in [2.05, 4.69) is 10.3 Å². The number of carbonyl (C=O) groups excluding carboxylic acids is 1. The van der Waals surface area contributed by atoms with Crippen molar-refractivity contribution in [3.63, 3.8) is 0 Å². The molecule has 0 unspecified atom stereocenters. The third-order valence-corrected chi connectivity index (χ3v) is 5.29. The molecular formula is C15H16N2OS2. The summed E-state index contributed by atoms with van der Waals surface area (Å²) in [5.74, 6) is 0.443. The quantitative estimate of drug-likeness (QED) is 0.875. The predicted molar refractivity (Wildman–Crippen MR) is 84.6 cm³/mol. The molecule has 3 rings (SSSR count). The smallest absolute Gasteiger partial charge is 0.236 e. The number of benzene rings is 1. The number of aryl methyl sites for hydroxylation is 2. The van der Waals surface area contributed by atoms with Crippen LogP contribution in [0.25, 0.3) is 0 Å². The molecular weight excluding hydrogens is 288 g/mol. The molecule has 1 heterocycles. The van der Waals surface area contributed by atoms with Crippen molar-refractivity contribution in [1.29, 1.82) is 0 Å². The summed E-state index contributed by atoms with van der Waals surface area (Å²) in [6.07, 6.45) is 4.63. The zero-order valence-electron chi connectivity index (χ0n) is 11.1. The highest BCUT2D eigenvalue weighted by Crippen LogP contribution is 2.29. The Balaban J connectivity index is 1.55. The molecule has 0 spiro atoms. The van der Waals surface area contributed by atoms with E-state index in [1.807, 2.05) is 30.3 Å². The van der Waals surface area contributed by atoms with Crippen LogP contribution in [0.4, 0.5) is 5.13 Å². The van der Waals surface area contributed by atoms with Gasteiger partial charge in [-0.3, -0.25) is 4.79 Å². The molecule has 5 heteroatoms. The first-order chi connectivity index (χ1) is 9.81. The maximum absolute atomic E-state index is 11.9. The summed E-state index contributed by atoms with van der Waals surface area (Å²) in [4.78, 5) is 18.9. The van der Waals surface area contributed by atoms with E-state index in [0.717, 1.165) is 22.9 Å². The van der Waals surface area contributed by atoms with Gasteiger partial charge in [0.05, 0.1) is 11.4 Å². The molecule has 20 heavy (non-hydrogen) atoms. The minimum atomic E-state index is 0.0185. The van der Waals surface area contributed by atoms with Crippen LogP contribution in [-0.2, 0) is 17.6 Å². The number of fused-ring (bicyclic) bond motifs is 1. The van der Waals surface area contributed by atoms with Crippen LogP contribution in [-0.4, -0.2) is 16.6 Å². The molecule has 0 saturated carbocycles. The molecule has 1 aromatic carbocycles. The Morgan fingerprint density at radius 1 is 1.25 bits per heavy atom. The second-order valence-corrected chi connectivity index (χ2v) is 6.88. The van der Waals surface area contributed by atoms with Crippen LogP contribution in [0.5, 0.6) is 0 Å². The van der Waals surface area contributed by atoms with Gasteiger partial charge in [-0.05, 0) is 37.8 Å². The molecule has 1 aliphatic carbocycles. The number of amides is 1. The Kier molecular flexibility index (Phi) is 4.38. The van der Waals surface area contributed by atoms with Gasteiger partial charge >= 0.3 is 0 Å². The fourth-order valence-corrected chi connectivity index (χ4v) is 4.01. The number of nitrogens with one attached hydrogen (secondary N) is 1. The van der Waals surface area contributed by atoms with Gasteiger partial charge in [-0.25, -0.2) is 4.98 Å². The number of aromatic nitrogens is 1. The van der Waals surface area contributed by atoms with Gasteiger partial charge in [0.2, 0.25) is 5.91 Å². The third kappa shape index (κ3) is 3.41. The lowest BCUT2D eigenvalue weighted by Crippen LogP contribution is -2.13. The zero-order chi connectivity index (χ0) is 13.8. The van der Waals surface area contributed by atoms with Crippen molar-refractivity contribution in [2.24, 2.45) is 0 Å². The number of thioether (sulfide) groups is 1. The summed E-state index contributed by atoms with van der Waals surface area (Å²) < 4.78 is 0. The van der Waals surface area contributed by atoms with Crippen molar-refractivity contribution in [3.8, 4) is 0 Å². The van der Waals surface area contributed by atoms with E-state index in [1.165, 1.54) is 23.4 Å². The monoisotopic (exact) mass is 304 g/mol. The van der Waals surface area contributed by atoms with E-state index >= 15 is 0 Å². The molecule has 1 aromatic heterocycles. The van der Waals surface area contributed by atoms with E-state index in [0.29, 0.717) is 5.75 Å². The summed E-state index contributed by atoms with van der Waals surface area (Å²) >= 11 is 3.18. The predicted octanol–water partition coefficient (Wildman–Crippen LogP) is 3.75. The molecule has 0 bridgehead atoms. The normalized spacial score (nSPS) is 13.8. The number of hydrogen-bond acceptors (Lipinski definition) is 4. The standard InChI is InChI=1S/C15H16N2OS2/c18-14(10-19-11-6-2-1-3-7-11)17-15-16-12-8-4-5-9-13(12)20-15/h1-3,6-7H,4-5,8-10H2,(H,16,17,18). The zero-order valence-corrected chi connectivity index (χ0v) is 12.7. The topological polar surface area (TPSA) is 42.0 Å². The maximum Gasteiger partial charge on any atom is 0.236 e. The third-order valence-electron chi connectivity index (χ3n) is 3.21. The van der Waals surface area contributed by atoms with Crippen molar-refractivity contribution in [2.75, 3.05) is 11.1 Å². The number of nitrogens with zero attached hydrogens (tertiary/aromatic N) is 1. The lowest BCUT2D eigenvalue weighted by Gasteiger charge is -2.06. The minimum absolute atomic E-state index is 0.0185. The Hall–Kier alpha value is -1.33. The average Bonchev–Trinajstić information content (AvgIpc) is 2.88. The first-order valence-electron chi connectivity index (χ1n) is 6.77. The summed E-state index contributed by atoms with van der Waals surface area (Å²) in [5, 5.41) is 3.68. The Morgan fingerprint density at radius 3 is 2.85 bits per heavy atom. The number of rotatable bonds is 4. The first kappa shape index (κ1) is 13.6. The van der Waals surface area contributed by atoms with E-state index in [4.69, 9.17) is 0 Å². The van der Waals surface area contributed by atoms with Crippen molar-refractivity contribution in [3.05, 3.63) is 40.9 Å². The van der Waals surface area contributed by atoms with Crippen molar-refractivity contribution in [1.82, 2.24) is 4.98 Å². The molecule has 3 nitrogen and oxygen atoms in total. The van der Waals surface area contributed by atoms with Crippen LogP contribution >= 0.6 is 23.1 Å². The molecule has 0 aliphatic heterocycles. The van der Waals surface area contributed by atoms with Gasteiger partial charge in [0.25, 0.3) is 0 Å². The molecule has 2 aromatic rings. The number of anilines is 1. The molecule has 0 atom stereocenters. The largest absolute Gasteiger partial charge is 0.301 e. The number of thiazole rings is 1. The molecule has 1 N–H and O–H groups in total. The Bertz CT molecular complexity index is 572. The van der Waals surface area contributed by atoms with Gasteiger partial charge in [-0.1, -0.05) is 18.2 Å². The lowest BCUT2D eigenvalue weighted by atomic mass is 10.0. The summed E-state index contributed by atoms with van der Waals surface area (Å²) in [5.41, 5.74) is 1.19. The van der Waals surface area contributed by atoms with Crippen LogP contribution in [0.1, 0.15) is 23.4 Å². The first-order valence-corrected chi connectivity index (χ1v) is 8.58. The minimum Gasteiger partial charge on any atom is -0.301 e. The fourth-order valence-electron chi connectivity index (χ4n) is 2.23. The van der Waals surface area contributed by atoms with Gasteiger partial charge in [0.15, 0.2) is 5.13 Å². The second kappa shape index (κ2) is 6.41. The molecule has 0 radical (unpaired) electrons. The second-order valence-electron chi connectivity index (χ2n) is 4.75. The van der Waals surface area contributed by atoms with Crippen molar-refractivity contribution < 1.29 is 4.79 Å². The summed E-state index contributed by atoms with van der Waals surface area (Å²) in [6.45, 7) is 0. The molecule has 0 fully saturated rings. The maximum atomic E-state index is 11.9. The van der Waals surface area contributed by atoms with Crippen molar-refractivity contribution >= 4 is 34.1 Å². The van der Waals surface area contributed by atoms with Crippen molar-refractivity contribution in [2.45, 2.75) is 30.6 Å². The van der Waals surface area contributed by atoms with Gasteiger partial charge in [-0.2, -0.15) is 0 Å². The molecule has 1 amide bonds. The highest BCUT2D eigenvalue weighted by atomic mass is 32.2. The lowest BCUT2D eigenvalue weighted by molar-refractivity contribution is -0.113. The van der Waals surface area contributed by atoms with Crippen LogP contribution in [0.3, 0.4) is 0 Å². The van der Waals surface area contributed by atoms with E-state index in [9.17, 15) is 4.79 Å². The summed E-state index contributed by atoms with van der Waals surface area (Å²) in [7, 11) is 0. The highest BCUT2D eigenvalue weighted by molar-refractivity contribution is 8.00. The molecule has 0 saturated heterocycles. The van der Waals surface area contributed by atoms with E-state index in [1.54, 1.807) is 23.1 Å². The van der Waals surface area contributed by atoms with E-state index < -0.39 is 0 Å². The number of carbonyl (C=O) groups is 1.